The summed E-state index contributed by atoms with van der Waals surface area (Å²) < 4.78 is 5.30. The summed E-state index contributed by atoms with van der Waals surface area (Å²) in [7, 11) is 0. The molecule has 1 aromatic heterocycles. The van der Waals surface area contributed by atoms with E-state index in [9.17, 15) is 4.79 Å². The van der Waals surface area contributed by atoms with Gasteiger partial charge in [-0.25, -0.2) is 9.78 Å². The Labute approximate surface area is 187 Å². The Bertz CT molecular complexity index is 1040. The van der Waals surface area contributed by atoms with E-state index >= 15 is 0 Å². The summed E-state index contributed by atoms with van der Waals surface area (Å²) >= 11 is 6.00. The van der Waals surface area contributed by atoms with Crippen LogP contribution in [0.1, 0.15) is 36.6 Å². The molecule has 3 rings (SSSR count). The number of hydrogen-bond donors (Lipinski definition) is 2. The predicted molar refractivity (Wildman–Crippen MR) is 123 cm³/mol. The fourth-order valence-electron chi connectivity index (χ4n) is 3.15. The Morgan fingerprint density at radius 2 is 1.97 bits per heavy atom. The topological polar surface area (TPSA) is 84.3 Å². The number of aliphatic carboxylic acids is 1. The van der Waals surface area contributed by atoms with Gasteiger partial charge in [0.05, 0.1) is 17.6 Å². The van der Waals surface area contributed by atoms with E-state index in [0.717, 1.165) is 53.2 Å². The standard InChI is InChI=1S/C24H26ClN3O3/c1-3-4-5-20-24(28-21(14-26-20)18-7-9-19(25)10-8-18)27-13-17-6-11-22(16(2)12-17)31-15-23(29)30/h6-12,14H,3-5,13,15H2,1-2H3,(H,27,28)(H,29,30). The molecule has 0 amide bonds. The number of carboxylic acid groups (broad SMARTS) is 1. The molecule has 162 valence electrons. The monoisotopic (exact) mass is 439 g/mol. The minimum atomic E-state index is -0.996. The van der Waals surface area contributed by atoms with E-state index < -0.39 is 5.97 Å². The highest BCUT2D eigenvalue weighted by Gasteiger charge is 2.10. The molecule has 6 nitrogen and oxygen atoms in total. The molecule has 1 heterocycles. The van der Waals surface area contributed by atoms with E-state index in [0.29, 0.717) is 17.3 Å². The molecular formula is C24H26ClN3O3. The first-order chi connectivity index (χ1) is 15.0. The molecule has 0 aliphatic rings. The van der Waals surface area contributed by atoms with Crippen molar-refractivity contribution in [1.82, 2.24) is 9.97 Å². The number of unbranched alkanes of at least 4 members (excludes halogenated alkanes) is 1. The molecule has 31 heavy (non-hydrogen) atoms. The first-order valence-electron chi connectivity index (χ1n) is 10.3. The van der Waals surface area contributed by atoms with Crippen LogP contribution in [0, 0.1) is 6.92 Å². The number of carboxylic acids is 1. The van der Waals surface area contributed by atoms with Gasteiger partial charge < -0.3 is 15.2 Å². The summed E-state index contributed by atoms with van der Waals surface area (Å²) in [6.45, 7) is 4.26. The first-order valence-corrected chi connectivity index (χ1v) is 10.6. The highest BCUT2D eigenvalue weighted by molar-refractivity contribution is 6.30. The molecule has 0 atom stereocenters. The number of hydrogen-bond acceptors (Lipinski definition) is 5. The van der Waals surface area contributed by atoms with Crippen molar-refractivity contribution in [2.24, 2.45) is 0 Å². The molecule has 2 N–H and O–H groups in total. The zero-order valence-electron chi connectivity index (χ0n) is 17.7. The normalized spacial score (nSPS) is 10.7. The van der Waals surface area contributed by atoms with E-state index in [1.54, 1.807) is 12.3 Å². The molecular weight excluding hydrogens is 414 g/mol. The van der Waals surface area contributed by atoms with Gasteiger partial charge in [0.2, 0.25) is 0 Å². The van der Waals surface area contributed by atoms with Gasteiger partial charge >= 0.3 is 5.97 Å². The van der Waals surface area contributed by atoms with Gasteiger partial charge in [-0.1, -0.05) is 49.2 Å². The second-order valence-electron chi connectivity index (χ2n) is 7.30. The number of halogens is 1. The summed E-state index contributed by atoms with van der Waals surface area (Å²) in [5, 5.41) is 12.9. The van der Waals surface area contributed by atoms with Crippen LogP contribution < -0.4 is 10.1 Å². The minimum absolute atomic E-state index is 0.355. The van der Waals surface area contributed by atoms with Crippen molar-refractivity contribution < 1.29 is 14.6 Å². The molecule has 0 bridgehead atoms. The average Bonchev–Trinajstić information content (AvgIpc) is 2.76. The third kappa shape index (κ3) is 6.43. The molecule has 0 fully saturated rings. The van der Waals surface area contributed by atoms with Crippen LogP contribution in [0.4, 0.5) is 5.82 Å². The molecule has 0 aliphatic carbocycles. The van der Waals surface area contributed by atoms with Crippen LogP contribution in [0.2, 0.25) is 5.02 Å². The van der Waals surface area contributed by atoms with Crippen LogP contribution in [0.15, 0.2) is 48.7 Å². The quantitative estimate of drug-likeness (QED) is 0.432. The summed E-state index contributed by atoms with van der Waals surface area (Å²) in [6, 6.07) is 13.2. The molecule has 0 unspecified atom stereocenters. The summed E-state index contributed by atoms with van der Waals surface area (Å²) in [5.74, 6) is 0.341. The van der Waals surface area contributed by atoms with E-state index in [4.69, 9.17) is 26.4 Å². The Morgan fingerprint density at radius 1 is 1.19 bits per heavy atom. The van der Waals surface area contributed by atoms with E-state index in [1.807, 2.05) is 43.3 Å². The van der Waals surface area contributed by atoms with Crippen LogP contribution in [-0.2, 0) is 17.8 Å². The first kappa shape index (κ1) is 22.6. The second-order valence-corrected chi connectivity index (χ2v) is 7.73. The van der Waals surface area contributed by atoms with Gasteiger partial charge in [0, 0.05) is 17.1 Å². The van der Waals surface area contributed by atoms with Gasteiger partial charge in [0.15, 0.2) is 6.61 Å². The fourth-order valence-corrected chi connectivity index (χ4v) is 3.28. The molecule has 2 aromatic carbocycles. The number of benzene rings is 2. The lowest BCUT2D eigenvalue weighted by Crippen LogP contribution is -2.10. The highest BCUT2D eigenvalue weighted by Crippen LogP contribution is 2.24. The van der Waals surface area contributed by atoms with Crippen molar-refractivity contribution in [3.05, 3.63) is 70.5 Å². The van der Waals surface area contributed by atoms with Crippen LogP contribution in [0.3, 0.4) is 0 Å². The lowest BCUT2D eigenvalue weighted by molar-refractivity contribution is -0.139. The van der Waals surface area contributed by atoms with Crippen LogP contribution in [-0.4, -0.2) is 27.7 Å². The number of carbonyl (C=O) groups is 1. The van der Waals surface area contributed by atoms with E-state index in [1.165, 1.54) is 0 Å². The molecule has 0 radical (unpaired) electrons. The van der Waals surface area contributed by atoms with Crippen molar-refractivity contribution in [3.8, 4) is 17.0 Å². The lowest BCUT2D eigenvalue weighted by atomic mass is 10.1. The number of nitrogens with zero attached hydrogens (tertiary/aromatic N) is 2. The summed E-state index contributed by atoms with van der Waals surface area (Å²) in [5.41, 5.74) is 4.61. The predicted octanol–water partition coefficient (Wildman–Crippen LogP) is 5.52. The Kier molecular flexibility index (Phi) is 7.84. The smallest absolute Gasteiger partial charge is 0.341 e. The van der Waals surface area contributed by atoms with Gasteiger partial charge in [-0.3, -0.25) is 4.98 Å². The maximum Gasteiger partial charge on any atom is 0.341 e. The maximum absolute atomic E-state index is 10.7. The second kappa shape index (κ2) is 10.8. The third-order valence-electron chi connectivity index (χ3n) is 4.81. The number of nitrogens with one attached hydrogen (secondary N) is 1. The molecule has 7 heteroatoms. The van der Waals surface area contributed by atoms with Gasteiger partial charge in [0.1, 0.15) is 11.6 Å². The van der Waals surface area contributed by atoms with Gasteiger partial charge in [-0.15, -0.1) is 0 Å². The van der Waals surface area contributed by atoms with Crippen molar-refractivity contribution in [3.63, 3.8) is 0 Å². The number of rotatable bonds is 10. The number of anilines is 1. The number of aryl methyl sites for hydroxylation is 2. The van der Waals surface area contributed by atoms with Crippen LogP contribution >= 0.6 is 11.6 Å². The van der Waals surface area contributed by atoms with Crippen LogP contribution in [0.5, 0.6) is 5.75 Å². The highest BCUT2D eigenvalue weighted by atomic mass is 35.5. The maximum atomic E-state index is 10.7. The third-order valence-corrected chi connectivity index (χ3v) is 5.06. The summed E-state index contributed by atoms with van der Waals surface area (Å²) in [4.78, 5) is 20.2. The summed E-state index contributed by atoms with van der Waals surface area (Å²) in [6.07, 6.45) is 4.78. The molecule has 0 spiro atoms. The number of aromatic nitrogens is 2. The Morgan fingerprint density at radius 3 is 2.65 bits per heavy atom. The van der Waals surface area contributed by atoms with Crippen molar-refractivity contribution in [2.75, 3.05) is 11.9 Å². The Balaban J connectivity index is 1.78. The SMILES string of the molecule is CCCCc1ncc(-c2ccc(Cl)cc2)nc1NCc1ccc(OCC(=O)O)c(C)c1. The molecule has 0 saturated heterocycles. The minimum Gasteiger partial charge on any atom is -0.482 e. The zero-order chi connectivity index (χ0) is 22.2. The van der Waals surface area contributed by atoms with Gasteiger partial charge in [0.25, 0.3) is 0 Å². The molecule has 3 aromatic rings. The average molecular weight is 440 g/mol. The van der Waals surface area contributed by atoms with Gasteiger partial charge in [-0.05, 0) is 49.1 Å². The van der Waals surface area contributed by atoms with Crippen molar-refractivity contribution in [1.29, 1.82) is 0 Å². The van der Waals surface area contributed by atoms with Crippen molar-refractivity contribution >= 4 is 23.4 Å². The van der Waals surface area contributed by atoms with Crippen LogP contribution in [0.25, 0.3) is 11.3 Å². The lowest BCUT2D eigenvalue weighted by Gasteiger charge is -2.14. The largest absolute Gasteiger partial charge is 0.482 e. The van der Waals surface area contributed by atoms with Gasteiger partial charge in [-0.2, -0.15) is 0 Å². The Hall–Kier alpha value is -3.12. The van der Waals surface area contributed by atoms with E-state index in [2.05, 4.69) is 17.2 Å². The zero-order valence-corrected chi connectivity index (χ0v) is 18.4. The fraction of sp³-hybridized carbons (Fsp3) is 0.292. The van der Waals surface area contributed by atoms with E-state index in [-0.39, 0.29) is 6.61 Å². The molecule has 0 saturated carbocycles. The number of ether oxygens (including phenoxy) is 1. The molecule has 0 aliphatic heterocycles. The van der Waals surface area contributed by atoms with Crippen molar-refractivity contribution in [2.45, 2.75) is 39.7 Å².